The van der Waals surface area contributed by atoms with Crippen molar-refractivity contribution in [2.75, 3.05) is 5.73 Å². The fraction of sp³-hybridized carbons (Fsp3) is 0. The van der Waals surface area contributed by atoms with Crippen LogP contribution in [0, 0.1) is 11.3 Å². The minimum absolute atomic E-state index is 0.000157. The first-order valence-electron chi connectivity index (χ1n) is 6.13. The smallest absolute Gasteiger partial charge is 0.327 e. The van der Waals surface area contributed by atoms with Gasteiger partial charge in [0.2, 0.25) is 0 Å². The lowest BCUT2D eigenvalue weighted by molar-refractivity contribution is 1.06. The van der Waals surface area contributed by atoms with Gasteiger partial charge in [0.1, 0.15) is 23.1 Å². The summed E-state index contributed by atoms with van der Waals surface area (Å²) in [5.74, 6) is -0.0915. The van der Waals surface area contributed by atoms with E-state index in [1.165, 1.54) is 0 Å². The summed E-state index contributed by atoms with van der Waals surface area (Å²) < 4.78 is 0. The molecule has 0 saturated heterocycles. The average Bonchev–Trinajstić information content (AvgIpc) is 2.46. The molecule has 4 N–H and O–H groups in total. The van der Waals surface area contributed by atoms with E-state index >= 15 is 0 Å². The molecule has 108 valence electrons. The zero-order valence-corrected chi connectivity index (χ0v) is 11.7. The first-order valence-corrected chi connectivity index (χ1v) is 6.51. The van der Waals surface area contributed by atoms with Crippen LogP contribution in [0.2, 0.25) is 5.02 Å². The molecule has 0 unspecified atom stereocenters. The number of H-pyrrole nitrogens is 2. The molecule has 2 heterocycles. The lowest BCUT2D eigenvalue weighted by Crippen LogP contribution is -2.23. The van der Waals surface area contributed by atoms with Crippen LogP contribution in [-0.4, -0.2) is 15.0 Å². The third-order valence-corrected chi connectivity index (χ3v) is 3.50. The number of aromatic amines is 2. The molecule has 0 bridgehead atoms. The first kappa shape index (κ1) is 13.9. The highest BCUT2D eigenvalue weighted by molar-refractivity contribution is 6.33. The predicted molar refractivity (Wildman–Crippen MR) is 82.6 cm³/mol. The van der Waals surface area contributed by atoms with Gasteiger partial charge >= 0.3 is 5.69 Å². The molecule has 8 heteroatoms. The van der Waals surface area contributed by atoms with Gasteiger partial charge in [-0.2, -0.15) is 5.26 Å². The quantitative estimate of drug-likeness (QED) is 0.625. The van der Waals surface area contributed by atoms with Gasteiger partial charge in [-0.3, -0.25) is 14.8 Å². The summed E-state index contributed by atoms with van der Waals surface area (Å²) in [5.41, 5.74) is 5.12. The van der Waals surface area contributed by atoms with Gasteiger partial charge in [-0.1, -0.05) is 29.8 Å². The van der Waals surface area contributed by atoms with Gasteiger partial charge in [-0.05, 0) is 6.07 Å². The van der Waals surface area contributed by atoms with Gasteiger partial charge in [0.25, 0.3) is 5.56 Å². The molecule has 1 aromatic carbocycles. The minimum Gasteiger partial charge on any atom is -0.383 e. The van der Waals surface area contributed by atoms with Crippen molar-refractivity contribution in [1.29, 1.82) is 5.26 Å². The van der Waals surface area contributed by atoms with E-state index in [0.29, 0.717) is 10.6 Å². The Bertz CT molecular complexity index is 1060. The van der Waals surface area contributed by atoms with E-state index in [0.717, 1.165) is 0 Å². The molecule has 0 atom stereocenters. The van der Waals surface area contributed by atoms with Gasteiger partial charge in [-0.15, -0.1) is 0 Å². The number of anilines is 1. The van der Waals surface area contributed by atoms with E-state index < -0.39 is 11.2 Å². The number of aromatic nitrogens is 3. The van der Waals surface area contributed by atoms with Gasteiger partial charge < -0.3 is 5.73 Å². The Balaban J connectivity index is 2.63. The van der Waals surface area contributed by atoms with E-state index in [2.05, 4.69) is 15.0 Å². The standard InChI is InChI=1S/C14H8ClN5O2/c15-8-4-2-1-3-6(8)9-7(5-16)11(17)18-12-10(9)13(21)20-14(22)19-12/h1-4H,(H4,17,18,19,20,21,22). The number of nitriles is 1. The van der Waals surface area contributed by atoms with Crippen molar-refractivity contribution in [3.63, 3.8) is 0 Å². The van der Waals surface area contributed by atoms with Gasteiger partial charge in [0, 0.05) is 16.1 Å². The summed E-state index contributed by atoms with van der Waals surface area (Å²) in [6.07, 6.45) is 0. The summed E-state index contributed by atoms with van der Waals surface area (Å²) >= 11 is 6.17. The number of nitrogens with two attached hydrogens (primary N) is 1. The molecule has 3 aromatic rings. The molecule has 0 saturated carbocycles. The second-order valence-corrected chi connectivity index (χ2v) is 4.88. The Morgan fingerprint density at radius 1 is 1.23 bits per heavy atom. The number of fused-ring (bicyclic) bond motifs is 1. The van der Waals surface area contributed by atoms with Crippen LogP contribution in [0.3, 0.4) is 0 Å². The largest absolute Gasteiger partial charge is 0.383 e. The average molecular weight is 314 g/mol. The third-order valence-electron chi connectivity index (χ3n) is 3.17. The second kappa shape index (κ2) is 5.02. The van der Waals surface area contributed by atoms with Crippen LogP contribution in [0.1, 0.15) is 5.56 Å². The van der Waals surface area contributed by atoms with Crippen LogP contribution in [0.15, 0.2) is 33.9 Å². The number of nitrogens with one attached hydrogen (secondary N) is 2. The van der Waals surface area contributed by atoms with Crippen LogP contribution >= 0.6 is 11.6 Å². The van der Waals surface area contributed by atoms with Crippen molar-refractivity contribution in [2.24, 2.45) is 0 Å². The molecule has 22 heavy (non-hydrogen) atoms. The zero-order chi connectivity index (χ0) is 15.9. The molecule has 0 amide bonds. The minimum atomic E-state index is -0.709. The zero-order valence-electron chi connectivity index (χ0n) is 11.0. The summed E-state index contributed by atoms with van der Waals surface area (Å²) in [4.78, 5) is 32.0. The first-order chi connectivity index (χ1) is 10.5. The number of nitrogens with zero attached hydrogens (tertiary/aromatic N) is 2. The van der Waals surface area contributed by atoms with E-state index in [1.54, 1.807) is 24.3 Å². The molecule has 0 radical (unpaired) electrons. The maximum atomic E-state index is 12.2. The molecule has 0 spiro atoms. The summed E-state index contributed by atoms with van der Waals surface area (Å²) in [6.45, 7) is 0. The number of rotatable bonds is 1. The molecule has 0 aliphatic carbocycles. The highest BCUT2D eigenvalue weighted by Crippen LogP contribution is 2.35. The molecule has 0 aliphatic rings. The van der Waals surface area contributed by atoms with Gasteiger partial charge in [-0.25, -0.2) is 9.78 Å². The van der Waals surface area contributed by atoms with Crippen molar-refractivity contribution in [3.05, 3.63) is 55.7 Å². The Hall–Kier alpha value is -3.11. The summed E-state index contributed by atoms with van der Waals surface area (Å²) in [6, 6.07) is 8.64. The number of benzene rings is 1. The Labute approximate surface area is 128 Å². The molecule has 7 nitrogen and oxygen atoms in total. The van der Waals surface area contributed by atoms with Crippen molar-refractivity contribution >= 4 is 28.5 Å². The van der Waals surface area contributed by atoms with Crippen molar-refractivity contribution in [3.8, 4) is 17.2 Å². The maximum absolute atomic E-state index is 12.2. The number of pyridine rings is 1. The Morgan fingerprint density at radius 3 is 2.64 bits per heavy atom. The SMILES string of the molecule is N#Cc1c(N)nc2[nH]c(=O)[nH]c(=O)c2c1-c1ccccc1Cl. The predicted octanol–water partition coefficient (Wildman–Crippen LogP) is 1.39. The number of nitrogen functional groups attached to an aromatic ring is 1. The summed E-state index contributed by atoms with van der Waals surface area (Å²) in [5, 5.41) is 9.76. The van der Waals surface area contributed by atoms with E-state index in [-0.39, 0.29) is 28.0 Å². The maximum Gasteiger partial charge on any atom is 0.327 e. The van der Waals surface area contributed by atoms with Crippen molar-refractivity contribution < 1.29 is 0 Å². The fourth-order valence-electron chi connectivity index (χ4n) is 2.27. The van der Waals surface area contributed by atoms with Crippen LogP contribution in [-0.2, 0) is 0 Å². The summed E-state index contributed by atoms with van der Waals surface area (Å²) in [7, 11) is 0. The van der Waals surface area contributed by atoms with Gasteiger partial charge in [0.15, 0.2) is 0 Å². The molecule has 2 aromatic heterocycles. The van der Waals surface area contributed by atoms with E-state index in [4.69, 9.17) is 17.3 Å². The second-order valence-electron chi connectivity index (χ2n) is 4.47. The molecule has 0 aliphatic heterocycles. The Kier molecular flexibility index (Phi) is 3.16. The van der Waals surface area contributed by atoms with Crippen LogP contribution in [0.25, 0.3) is 22.2 Å². The fourth-order valence-corrected chi connectivity index (χ4v) is 2.50. The highest BCUT2D eigenvalue weighted by atomic mass is 35.5. The normalized spacial score (nSPS) is 10.5. The number of hydrogen-bond acceptors (Lipinski definition) is 5. The molecular weight excluding hydrogens is 306 g/mol. The van der Waals surface area contributed by atoms with Gasteiger partial charge in [0.05, 0.1) is 5.39 Å². The van der Waals surface area contributed by atoms with Crippen molar-refractivity contribution in [1.82, 2.24) is 15.0 Å². The molecular formula is C14H8ClN5O2. The lowest BCUT2D eigenvalue weighted by atomic mass is 9.98. The third kappa shape index (κ3) is 2.03. The van der Waals surface area contributed by atoms with Crippen LogP contribution in [0.5, 0.6) is 0 Å². The number of halogens is 1. The van der Waals surface area contributed by atoms with Crippen LogP contribution < -0.4 is 17.0 Å². The lowest BCUT2D eigenvalue weighted by Gasteiger charge is -2.11. The van der Waals surface area contributed by atoms with Crippen LogP contribution in [0.4, 0.5) is 5.82 Å². The van der Waals surface area contributed by atoms with E-state index in [1.807, 2.05) is 6.07 Å². The molecule has 3 rings (SSSR count). The van der Waals surface area contributed by atoms with Crippen molar-refractivity contribution in [2.45, 2.75) is 0 Å². The highest BCUT2D eigenvalue weighted by Gasteiger charge is 2.19. The van der Waals surface area contributed by atoms with E-state index in [9.17, 15) is 14.9 Å². The Morgan fingerprint density at radius 2 is 1.95 bits per heavy atom. The topological polar surface area (TPSA) is 128 Å². The molecule has 0 fully saturated rings. The number of hydrogen-bond donors (Lipinski definition) is 3. The monoisotopic (exact) mass is 313 g/mol.